The molecule has 2 aliphatic heterocycles. The van der Waals surface area contributed by atoms with Crippen LogP contribution in [0.1, 0.15) is 40.9 Å². The Hall–Kier alpha value is -2.71. The van der Waals surface area contributed by atoms with Crippen LogP contribution in [0, 0.1) is 13.8 Å². The number of carbonyl (C=O) groups excluding carboxylic acids is 2. The summed E-state index contributed by atoms with van der Waals surface area (Å²) in [6.45, 7) is 7.80. The van der Waals surface area contributed by atoms with E-state index in [1.54, 1.807) is 15.9 Å². The summed E-state index contributed by atoms with van der Waals surface area (Å²) in [6.07, 6.45) is 2.15. The van der Waals surface area contributed by atoms with Gasteiger partial charge in [0.1, 0.15) is 0 Å². The van der Waals surface area contributed by atoms with Crippen molar-refractivity contribution in [2.24, 2.45) is 0 Å². The van der Waals surface area contributed by atoms with Gasteiger partial charge < -0.3 is 23.8 Å². The molecule has 2 amide bonds. The Bertz CT molecular complexity index is 945. The average Bonchev–Trinajstić information content (AvgIpc) is 3.50. The van der Waals surface area contributed by atoms with Crippen LogP contribution in [0.15, 0.2) is 28.8 Å². The normalized spacial score (nSPS) is 18.7. The zero-order valence-corrected chi connectivity index (χ0v) is 18.8. The fourth-order valence-corrected chi connectivity index (χ4v) is 4.18. The molecule has 4 rings (SSSR count). The summed E-state index contributed by atoms with van der Waals surface area (Å²) in [5.74, 6) is 0.362. The van der Waals surface area contributed by atoms with Crippen molar-refractivity contribution in [3.63, 3.8) is 0 Å². The molecule has 2 aromatic rings. The highest BCUT2D eigenvalue weighted by molar-refractivity contribution is 5.93. The Morgan fingerprint density at radius 3 is 2.72 bits per heavy atom. The van der Waals surface area contributed by atoms with Crippen molar-refractivity contribution >= 4 is 11.8 Å². The topological polar surface area (TPSA) is 85.1 Å². The molecule has 1 atom stereocenters. The fourth-order valence-electron chi connectivity index (χ4n) is 4.18. The summed E-state index contributed by atoms with van der Waals surface area (Å²) in [7, 11) is 0. The molecule has 8 nitrogen and oxygen atoms in total. The lowest BCUT2D eigenvalue weighted by molar-refractivity contribution is -0.135. The number of hydrogen-bond donors (Lipinski definition) is 0. The second kappa shape index (κ2) is 10.3. The van der Waals surface area contributed by atoms with Crippen molar-refractivity contribution in [1.82, 2.24) is 15.0 Å². The van der Waals surface area contributed by atoms with E-state index in [0.29, 0.717) is 51.8 Å². The number of aromatic nitrogens is 1. The van der Waals surface area contributed by atoms with Crippen LogP contribution in [-0.4, -0.2) is 78.9 Å². The monoisotopic (exact) mass is 441 g/mol. The molecule has 32 heavy (non-hydrogen) atoms. The third-order valence-electron chi connectivity index (χ3n) is 6.08. The van der Waals surface area contributed by atoms with Gasteiger partial charge in [-0.1, -0.05) is 22.9 Å². The Labute approximate surface area is 188 Å². The second-order valence-electron chi connectivity index (χ2n) is 8.52. The molecular formula is C24H31N3O5. The molecule has 2 fully saturated rings. The molecule has 2 aliphatic rings. The minimum absolute atomic E-state index is 0.0113. The van der Waals surface area contributed by atoms with Crippen LogP contribution < -0.4 is 0 Å². The van der Waals surface area contributed by atoms with E-state index in [1.807, 2.05) is 32.0 Å². The van der Waals surface area contributed by atoms with Crippen molar-refractivity contribution in [3.05, 3.63) is 41.1 Å². The predicted octanol–water partition coefficient (Wildman–Crippen LogP) is 2.83. The van der Waals surface area contributed by atoms with E-state index in [1.165, 1.54) is 0 Å². The maximum atomic E-state index is 13.3. The number of hydrogen-bond acceptors (Lipinski definition) is 6. The number of amides is 2. The van der Waals surface area contributed by atoms with Gasteiger partial charge in [0, 0.05) is 50.8 Å². The highest BCUT2D eigenvalue weighted by Gasteiger charge is 2.27. The van der Waals surface area contributed by atoms with E-state index < -0.39 is 0 Å². The lowest BCUT2D eigenvalue weighted by Crippen LogP contribution is -2.44. The van der Waals surface area contributed by atoms with Gasteiger partial charge in [-0.3, -0.25) is 9.59 Å². The molecular weight excluding hydrogens is 410 g/mol. The van der Waals surface area contributed by atoms with Crippen LogP contribution in [0.2, 0.25) is 0 Å². The third kappa shape index (κ3) is 5.37. The molecule has 0 saturated carbocycles. The van der Waals surface area contributed by atoms with Gasteiger partial charge in [-0.15, -0.1) is 0 Å². The first-order valence-electron chi connectivity index (χ1n) is 11.3. The average molecular weight is 442 g/mol. The van der Waals surface area contributed by atoms with E-state index in [-0.39, 0.29) is 30.0 Å². The number of morpholine rings is 1. The van der Waals surface area contributed by atoms with Gasteiger partial charge >= 0.3 is 0 Å². The second-order valence-corrected chi connectivity index (χ2v) is 8.52. The van der Waals surface area contributed by atoms with E-state index in [0.717, 1.165) is 29.5 Å². The number of carbonyl (C=O) groups is 2. The van der Waals surface area contributed by atoms with Crippen molar-refractivity contribution in [2.75, 3.05) is 46.0 Å². The molecule has 0 radical (unpaired) electrons. The minimum Gasteiger partial charge on any atom is -0.378 e. The standard InChI is InChI=1S/C24H31N3O5/c1-17-5-6-18(2)20(14-17)22-15-21(25-32-22)24(29)27(16-19-4-3-11-31-19)8-7-23(28)26-9-12-30-13-10-26/h5-6,14-15,19H,3-4,7-13,16H2,1-2H3/t19-/m0/s1. The Morgan fingerprint density at radius 1 is 1.16 bits per heavy atom. The Kier molecular flexibility index (Phi) is 7.22. The van der Waals surface area contributed by atoms with E-state index >= 15 is 0 Å². The molecule has 0 bridgehead atoms. The van der Waals surface area contributed by atoms with Crippen LogP contribution in [0.3, 0.4) is 0 Å². The minimum atomic E-state index is -0.240. The van der Waals surface area contributed by atoms with E-state index in [4.69, 9.17) is 14.0 Å². The van der Waals surface area contributed by atoms with Crippen molar-refractivity contribution < 1.29 is 23.6 Å². The zero-order valence-electron chi connectivity index (χ0n) is 18.8. The third-order valence-corrected chi connectivity index (χ3v) is 6.08. The zero-order chi connectivity index (χ0) is 22.5. The van der Waals surface area contributed by atoms with Gasteiger partial charge in [0.2, 0.25) is 5.91 Å². The van der Waals surface area contributed by atoms with Crippen LogP contribution in [0.25, 0.3) is 11.3 Å². The summed E-state index contributed by atoms with van der Waals surface area (Å²) in [5, 5.41) is 4.06. The maximum Gasteiger partial charge on any atom is 0.276 e. The Balaban J connectivity index is 1.47. The van der Waals surface area contributed by atoms with Gasteiger partial charge in [0.25, 0.3) is 5.91 Å². The molecule has 1 aromatic heterocycles. The predicted molar refractivity (Wildman–Crippen MR) is 118 cm³/mol. The van der Waals surface area contributed by atoms with Gasteiger partial charge in [-0.25, -0.2) is 0 Å². The maximum absolute atomic E-state index is 13.3. The van der Waals surface area contributed by atoms with Crippen molar-refractivity contribution in [3.8, 4) is 11.3 Å². The first-order chi connectivity index (χ1) is 15.5. The van der Waals surface area contributed by atoms with Crippen LogP contribution in [-0.2, 0) is 14.3 Å². The molecule has 8 heteroatoms. The molecule has 0 aliphatic carbocycles. The molecule has 0 spiro atoms. The molecule has 172 valence electrons. The number of aryl methyl sites for hydroxylation is 2. The van der Waals surface area contributed by atoms with Gasteiger partial charge in [0.05, 0.1) is 19.3 Å². The quantitative estimate of drug-likeness (QED) is 0.657. The molecule has 3 heterocycles. The highest BCUT2D eigenvalue weighted by Crippen LogP contribution is 2.26. The molecule has 2 saturated heterocycles. The largest absolute Gasteiger partial charge is 0.378 e. The summed E-state index contributed by atoms with van der Waals surface area (Å²) < 4.78 is 16.6. The SMILES string of the molecule is Cc1ccc(C)c(-c2cc(C(=O)N(CCC(=O)N3CCOCC3)C[C@@H]3CCCO3)no2)c1. The first kappa shape index (κ1) is 22.5. The van der Waals surface area contributed by atoms with Gasteiger partial charge in [-0.05, 0) is 38.3 Å². The van der Waals surface area contributed by atoms with Gasteiger partial charge in [0.15, 0.2) is 11.5 Å². The summed E-state index contributed by atoms with van der Waals surface area (Å²) in [6, 6.07) is 7.78. The number of ether oxygens (including phenoxy) is 2. The lowest BCUT2D eigenvalue weighted by atomic mass is 10.0. The highest BCUT2D eigenvalue weighted by atomic mass is 16.5. The summed E-state index contributed by atoms with van der Waals surface area (Å²) in [4.78, 5) is 29.4. The van der Waals surface area contributed by atoms with Crippen LogP contribution in [0.5, 0.6) is 0 Å². The van der Waals surface area contributed by atoms with Gasteiger partial charge in [-0.2, -0.15) is 0 Å². The first-order valence-corrected chi connectivity index (χ1v) is 11.3. The van der Waals surface area contributed by atoms with Crippen molar-refractivity contribution in [1.29, 1.82) is 0 Å². The molecule has 1 aromatic carbocycles. The smallest absolute Gasteiger partial charge is 0.276 e. The number of benzene rings is 1. The summed E-state index contributed by atoms with van der Waals surface area (Å²) >= 11 is 0. The fraction of sp³-hybridized carbons (Fsp3) is 0.542. The molecule has 0 unspecified atom stereocenters. The van der Waals surface area contributed by atoms with E-state index in [2.05, 4.69) is 5.16 Å². The van der Waals surface area contributed by atoms with Crippen LogP contribution in [0.4, 0.5) is 0 Å². The lowest BCUT2D eigenvalue weighted by Gasteiger charge is -2.29. The summed E-state index contributed by atoms with van der Waals surface area (Å²) in [5.41, 5.74) is 3.33. The Morgan fingerprint density at radius 2 is 1.97 bits per heavy atom. The molecule has 0 N–H and O–H groups in total. The number of rotatable bonds is 7. The van der Waals surface area contributed by atoms with E-state index in [9.17, 15) is 9.59 Å². The van der Waals surface area contributed by atoms with Crippen LogP contribution >= 0.6 is 0 Å². The van der Waals surface area contributed by atoms with Crippen molar-refractivity contribution in [2.45, 2.75) is 39.2 Å². The number of nitrogens with zero attached hydrogens (tertiary/aromatic N) is 3.